The topological polar surface area (TPSA) is 37.0 Å². The molecular formula is C15H19N3S. The van der Waals surface area contributed by atoms with Gasteiger partial charge in [-0.3, -0.25) is 0 Å². The van der Waals surface area contributed by atoms with E-state index in [0.29, 0.717) is 0 Å². The van der Waals surface area contributed by atoms with Crippen molar-refractivity contribution in [3.05, 3.63) is 51.0 Å². The fourth-order valence-electron chi connectivity index (χ4n) is 2.40. The first-order valence-corrected chi connectivity index (χ1v) is 7.62. The number of rotatable bonds is 5. The molecule has 0 bridgehead atoms. The molecule has 100 valence electrons. The number of fused-ring (bicyclic) bond motifs is 1. The van der Waals surface area contributed by atoms with E-state index in [9.17, 15) is 0 Å². The van der Waals surface area contributed by atoms with Crippen molar-refractivity contribution in [2.24, 2.45) is 0 Å². The van der Waals surface area contributed by atoms with Gasteiger partial charge in [-0.1, -0.05) is 18.2 Å². The smallest absolute Gasteiger partial charge is 0.0940 e. The molecule has 3 nitrogen and oxygen atoms in total. The van der Waals surface area contributed by atoms with E-state index in [0.717, 1.165) is 38.3 Å². The number of benzene rings is 1. The van der Waals surface area contributed by atoms with Crippen LogP contribution in [0, 0.1) is 6.92 Å². The van der Waals surface area contributed by atoms with Crippen LogP contribution < -0.4 is 10.6 Å². The molecule has 1 aliphatic rings. The van der Waals surface area contributed by atoms with Crippen molar-refractivity contribution < 1.29 is 0 Å². The maximum Gasteiger partial charge on any atom is 0.0940 e. The third kappa shape index (κ3) is 3.21. The van der Waals surface area contributed by atoms with Crippen LogP contribution in [-0.4, -0.2) is 11.5 Å². The third-order valence-corrected chi connectivity index (χ3v) is 4.44. The molecule has 1 aromatic carbocycles. The molecule has 0 saturated carbocycles. The van der Waals surface area contributed by atoms with Gasteiger partial charge in [0, 0.05) is 43.7 Å². The molecule has 3 rings (SSSR count). The van der Waals surface area contributed by atoms with Gasteiger partial charge in [0.2, 0.25) is 0 Å². The third-order valence-electron chi connectivity index (χ3n) is 3.41. The average Bonchev–Trinajstić information content (AvgIpc) is 3.03. The highest BCUT2D eigenvalue weighted by molar-refractivity contribution is 7.09. The molecule has 0 fully saturated rings. The fourth-order valence-corrected chi connectivity index (χ4v) is 3.18. The monoisotopic (exact) mass is 273 g/mol. The zero-order valence-corrected chi connectivity index (χ0v) is 12.0. The minimum Gasteiger partial charge on any atom is -0.312 e. The lowest BCUT2D eigenvalue weighted by Gasteiger charge is -2.06. The lowest BCUT2D eigenvalue weighted by Crippen LogP contribution is -2.16. The van der Waals surface area contributed by atoms with Gasteiger partial charge in [0.1, 0.15) is 0 Å². The highest BCUT2D eigenvalue weighted by atomic mass is 32.1. The number of thiazole rings is 1. The number of hydrogen-bond acceptors (Lipinski definition) is 4. The summed E-state index contributed by atoms with van der Waals surface area (Å²) in [6.45, 7) is 6.01. The summed E-state index contributed by atoms with van der Waals surface area (Å²) in [6.07, 6.45) is 1.02. The summed E-state index contributed by atoms with van der Waals surface area (Å²) in [6, 6.07) is 6.79. The second-order valence-corrected chi connectivity index (χ2v) is 5.96. The number of aryl methyl sites for hydroxylation is 1. The van der Waals surface area contributed by atoms with Gasteiger partial charge in [-0.25, -0.2) is 4.98 Å². The van der Waals surface area contributed by atoms with Crippen molar-refractivity contribution in [1.82, 2.24) is 15.6 Å². The summed E-state index contributed by atoms with van der Waals surface area (Å²) in [5.74, 6) is 0. The van der Waals surface area contributed by atoms with Crippen LogP contribution in [0.2, 0.25) is 0 Å². The molecule has 4 heteroatoms. The van der Waals surface area contributed by atoms with Crippen LogP contribution in [-0.2, 0) is 26.1 Å². The SMILES string of the molecule is Cc1csc(CCNCc2ccc3c(c2)CNC3)n1. The molecule has 0 aliphatic carbocycles. The normalized spacial score (nSPS) is 13.7. The van der Waals surface area contributed by atoms with Crippen LogP contribution in [0.5, 0.6) is 0 Å². The van der Waals surface area contributed by atoms with E-state index in [2.05, 4.69) is 39.2 Å². The Balaban J connectivity index is 1.47. The van der Waals surface area contributed by atoms with Gasteiger partial charge in [-0.05, 0) is 23.6 Å². The maximum atomic E-state index is 4.47. The Morgan fingerprint density at radius 3 is 3.05 bits per heavy atom. The molecule has 2 N–H and O–H groups in total. The van der Waals surface area contributed by atoms with E-state index in [1.54, 1.807) is 11.3 Å². The van der Waals surface area contributed by atoms with E-state index >= 15 is 0 Å². The van der Waals surface area contributed by atoms with Crippen LogP contribution in [0.15, 0.2) is 23.6 Å². The van der Waals surface area contributed by atoms with E-state index in [-0.39, 0.29) is 0 Å². The van der Waals surface area contributed by atoms with Gasteiger partial charge < -0.3 is 10.6 Å². The van der Waals surface area contributed by atoms with Crippen LogP contribution in [0.3, 0.4) is 0 Å². The Hall–Kier alpha value is -1.23. The number of hydrogen-bond donors (Lipinski definition) is 2. The van der Waals surface area contributed by atoms with Crippen molar-refractivity contribution >= 4 is 11.3 Å². The van der Waals surface area contributed by atoms with Crippen LogP contribution >= 0.6 is 11.3 Å². The summed E-state index contributed by atoms with van der Waals surface area (Å²) in [4.78, 5) is 4.47. The molecule has 19 heavy (non-hydrogen) atoms. The zero-order valence-electron chi connectivity index (χ0n) is 11.2. The number of nitrogens with zero attached hydrogens (tertiary/aromatic N) is 1. The highest BCUT2D eigenvalue weighted by Crippen LogP contribution is 2.16. The van der Waals surface area contributed by atoms with Gasteiger partial charge in [-0.2, -0.15) is 0 Å². The summed E-state index contributed by atoms with van der Waals surface area (Å²) in [5.41, 5.74) is 5.40. The predicted molar refractivity (Wildman–Crippen MR) is 79.2 cm³/mol. The Bertz CT molecular complexity index is 562. The van der Waals surface area contributed by atoms with Gasteiger partial charge in [0.15, 0.2) is 0 Å². The maximum absolute atomic E-state index is 4.47. The number of aromatic nitrogens is 1. The largest absolute Gasteiger partial charge is 0.312 e. The fraction of sp³-hybridized carbons (Fsp3) is 0.400. The first-order valence-electron chi connectivity index (χ1n) is 6.74. The molecular weight excluding hydrogens is 254 g/mol. The minimum absolute atomic E-state index is 0.942. The first-order chi connectivity index (χ1) is 9.31. The van der Waals surface area contributed by atoms with Crippen molar-refractivity contribution in [1.29, 1.82) is 0 Å². The standard InChI is InChI=1S/C15H19N3S/c1-11-10-19-15(18-11)4-5-16-7-12-2-3-13-8-17-9-14(13)6-12/h2-3,6,10,16-17H,4-5,7-9H2,1H3. The van der Waals surface area contributed by atoms with E-state index in [1.165, 1.54) is 21.7 Å². The summed E-state index contributed by atoms with van der Waals surface area (Å²) in [7, 11) is 0. The van der Waals surface area contributed by atoms with E-state index in [4.69, 9.17) is 0 Å². The molecule has 0 atom stereocenters. The van der Waals surface area contributed by atoms with Gasteiger partial charge >= 0.3 is 0 Å². The Labute approximate surface area is 118 Å². The summed E-state index contributed by atoms with van der Waals surface area (Å²) >= 11 is 1.75. The molecule has 0 radical (unpaired) electrons. The van der Waals surface area contributed by atoms with Gasteiger partial charge in [0.05, 0.1) is 5.01 Å². The Morgan fingerprint density at radius 1 is 1.32 bits per heavy atom. The van der Waals surface area contributed by atoms with Crippen molar-refractivity contribution in [3.8, 4) is 0 Å². The Morgan fingerprint density at radius 2 is 2.21 bits per heavy atom. The lowest BCUT2D eigenvalue weighted by atomic mass is 10.1. The molecule has 0 spiro atoms. The number of nitrogens with one attached hydrogen (secondary N) is 2. The molecule has 2 aromatic rings. The van der Waals surface area contributed by atoms with Crippen molar-refractivity contribution in [2.75, 3.05) is 6.54 Å². The van der Waals surface area contributed by atoms with Crippen molar-refractivity contribution in [2.45, 2.75) is 33.0 Å². The van der Waals surface area contributed by atoms with Gasteiger partial charge in [0.25, 0.3) is 0 Å². The molecule has 0 unspecified atom stereocenters. The minimum atomic E-state index is 0.942. The average molecular weight is 273 g/mol. The van der Waals surface area contributed by atoms with Crippen molar-refractivity contribution in [3.63, 3.8) is 0 Å². The molecule has 1 aromatic heterocycles. The summed E-state index contributed by atoms with van der Waals surface area (Å²) in [5, 5.41) is 10.2. The second kappa shape index (κ2) is 5.82. The lowest BCUT2D eigenvalue weighted by molar-refractivity contribution is 0.684. The second-order valence-electron chi connectivity index (χ2n) is 5.02. The zero-order chi connectivity index (χ0) is 13.1. The predicted octanol–water partition coefficient (Wildman–Crippen LogP) is 2.39. The van der Waals surface area contributed by atoms with E-state index in [1.807, 2.05) is 6.92 Å². The quantitative estimate of drug-likeness (QED) is 0.821. The van der Waals surface area contributed by atoms with Crippen LogP contribution in [0.25, 0.3) is 0 Å². The van der Waals surface area contributed by atoms with Crippen LogP contribution in [0.4, 0.5) is 0 Å². The van der Waals surface area contributed by atoms with Crippen LogP contribution in [0.1, 0.15) is 27.4 Å². The van der Waals surface area contributed by atoms with E-state index < -0.39 is 0 Å². The Kier molecular flexibility index (Phi) is 3.92. The molecule has 2 heterocycles. The molecule has 0 saturated heterocycles. The molecule has 1 aliphatic heterocycles. The molecule has 0 amide bonds. The summed E-state index contributed by atoms with van der Waals surface area (Å²) < 4.78 is 0. The first kappa shape index (κ1) is 12.8. The highest BCUT2D eigenvalue weighted by Gasteiger charge is 2.09. The van der Waals surface area contributed by atoms with Gasteiger partial charge in [-0.15, -0.1) is 11.3 Å².